The smallest absolute Gasteiger partial charge is 0.118 e. The predicted octanol–water partition coefficient (Wildman–Crippen LogP) is 2.29. The van der Waals surface area contributed by atoms with Crippen molar-refractivity contribution < 1.29 is 10.2 Å². The first kappa shape index (κ1) is 14.0. The van der Waals surface area contributed by atoms with E-state index in [2.05, 4.69) is 6.92 Å². The van der Waals surface area contributed by atoms with Crippen LogP contribution in [0.2, 0.25) is 0 Å². The fraction of sp³-hybridized carbons (Fsp3) is 0.571. The summed E-state index contributed by atoms with van der Waals surface area (Å²) < 4.78 is 0. The molecule has 3 atom stereocenters. The molecule has 3 unspecified atom stereocenters. The lowest BCUT2D eigenvalue weighted by molar-refractivity contribution is 0.126. The van der Waals surface area contributed by atoms with E-state index in [1.165, 1.54) is 0 Å². The number of aryl methyl sites for hydroxylation is 1. The molecule has 0 saturated carbocycles. The Morgan fingerprint density at radius 2 is 2.00 bits per heavy atom. The van der Waals surface area contributed by atoms with Crippen molar-refractivity contribution in [1.29, 1.82) is 0 Å². The zero-order chi connectivity index (χ0) is 13.0. The maximum absolute atomic E-state index is 9.90. The summed E-state index contributed by atoms with van der Waals surface area (Å²) in [5, 5.41) is 19.4. The summed E-state index contributed by atoms with van der Waals surface area (Å²) in [4.78, 5) is 0. The largest absolute Gasteiger partial charge is 0.508 e. The lowest BCUT2D eigenvalue weighted by atomic mass is 9.91. The predicted molar refractivity (Wildman–Crippen MR) is 70.1 cm³/mol. The number of phenolic OH excluding ortho intramolecular Hbond substituents is 1. The molecule has 3 nitrogen and oxygen atoms in total. The number of aliphatic hydroxyl groups excluding tert-OH is 1. The Hall–Kier alpha value is -1.06. The first-order valence-electron chi connectivity index (χ1n) is 6.18. The molecular formula is C14H23NO2. The molecule has 1 aromatic rings. The van der Waals surface area contributed by atoms with Crippen LogP contribution >= 0.6 is 0 Å². The molecule has 96 valence electrons. The third-order valence-electron chi connectivity index (χ3n) is 3.35. The maximum Gasteiger partial charge on any atom is 0.118 e. The van der Waals surface area contributed by atoms with Gasteiger partial charge in [-0.3, -0.25) is 0 Å². The second-order valence-corrected chi connectivity index (χ2v) is 4.82. The van der Waals surface area contributed by atoms with Gasteiger partial charge in [0.1, 0.15) is 5.75 Å². The van der Waals surface area contributed by atoms with E-state index < -0.39 is 6.10 Å². The second-order valence-electron chi connectivity index (χ2n) is 4.82. The van der Waals surface area contributed by atoms with Crippen LogP contribution in [0.4, 0.5) is 0 Å². The number of nitrogens with two attached hydrogens (primary N) is 1. The Balaban J connectivity index is 2.69. The number of hydrogen-bond acceptors (Lipinski definition) is 3. The molecule has 3 heteroatoms. The third-order valence-corrected chi connectivity index (χ3v) is 3.35. The molecule has 1 aromatic carbocycles. The van der Waals surface area contributed by atoms with Crippen LogP contribution in [0.25, 0.3) is 0 Å². The van der Waals surface area contributed by atoms with Crippen molar-refractivity contribution in [2.45, 2.75) is 51.7 Å². The van der Waals surface area contributed by atoms with Crippen LogP contribution in [-0.2, 0) is 0 Å². The zero-order valence-corrected chi connectivity index (χ0v) is 10.9. The van der Waals surface area contributed by atoms with Crippen molar-refractivity contribution in [2.75, 3.05) is 0 Å². The highest BCUT2D eigenvalue weighted by Gasteiger charge is 2.17. The lowest BCUT2D eigenvalue weighted by Crippen LogP contribution is -2.34. The van der Waals surface area contributed by atoms with Gasteiger partial charge in [-0.25, -0.2) is 0 Å². The van der Waals surface area contributed by atoms with Crippen molar-refractivity contribution in [3.8, 4) is 5.75 Å². The van der Waals surface area contributed by atoms with Crippen molar-refractivity contribution in [3.05, 3.63) is 29.3 Å². The Morgan fingerprint density at radius 1 is 1.35 bits per heavy atom. The first-order valence-corrected chi connectivity index (χ1v) is 6.18. The van der Waals surface area contributed by atoms with E-state index in [9.17, 15) is 10.2 Å². The topological polar surface area (TPSA) is 66.5 Å². The Bertz CT molecular complexity index is 365. The van der Waals surface area contributed by atoms with Gasteiger partial charge in [-0.2, -0.15) is 0 Å². The molecule has 1 rings (SSSR count). The summed E-state index contributed by atoms with van der Waals surface area (Å²) in [7, 11) is 0. The monoisotopic (exact) mass is 237 g/mol. The van der Waals surface area contributed by atoms with Crippen LogP contribution in [0, 0.1) is 6.92 Å². The van der Waals surface area contributed by atoms with Gasteiger partial charge in [0.25, 0.3) is 0 Å². The highest BCUT2D eigenvalue weighted by atomic mass is 16.3. The van der Waals surface area contributed by atoms with Gasteiger partial charge in [0.05, 0.1) is 6.10 Å². The van der Waals surface area contributed by atoms with Crippen LogP contribution in [0.5, 0.6) is 5.75 Å². The van der Waals surface area contributed by atoms with E-state index in [1.807, 2.05) is 26.0 Å². The zero-order valence-electron chi connectivity index (χ0n) is 10.9. The third kappa shape index (κ3) is 3.72. The molecule has 0 fully saturated rings. The summed E-state index contributed by atoms with van der Waals surface area (Å²) in [6, 6.07) is 5.41. The fourth-order valence-corrected chi connectivity index (χ4v) is 1.93. The molecule has 0 spiro atoms. The second kappa shape index (κ2) is 6.03. The standard InChI is InChI=1S/C14H23NO2/c1-4-12(15)14(17)8-9(2)11-5-6-13(16)10(3)7-11/h5-7,9,12,14,16-17H,4,8,15H2,1-3H3. The van der Waals surface area contributed by atoms with Gasteiger partial charge in [0.15, 0.2) is 0 Å². The Labute approximate surface area is 103 Å². The lowest BCUT2D eigenvalue weighted by Gasteiger charge is -2.21. The van der Waals surface area contributed by atoms with Crippen LogP contribution in [0.15, 0.2) is 18.2 Å². The van der Waals surface area contributed by atoms with E-state index in [4.69, 9.17) is 5.73 Å². The van der Waals surface area contributed by atoms with Gasteiger partial charge < -0.3 is 15.9 Å². The molecule has 0 aliphatic heterocycles. The van der Waals surface area contributed by atoms with Crippen LogP contribution in [0.3, 0.4) is 0 Å². The highest BCUT2D eigenvalue weighted by molar-refractivity contribution is 5.36. The number of hydrogen-bond donors (Lipinski definition) is 3. The average molecular weight is 237 g/mol. The minimum Gasteiger partial charge on any atom is -0.508 e. The van der Waals surface area contributed by atoms with Gasteiger partial charge in [-0.15, -0.1) is 0 Å². The summed E-state index contributed by atoms with van der Waals surface area (Å²) in [6.07, 6.45) is 0.964. The summed E-state index contributed by atoms with van der Waals surface area (Å²) in [6.45, 7) is 5.92. The Kier molecular flexibility index (Phi) is 4.97. The highest BCUT2D eigenvalue weighted by Crippen LogP contribution is 2.26. The molecule has 0 bridgehead atoms. The van der Waals surface area contributed by atoms with E-state index in [1.54, 1.807) is 6.07 Å². The molecule has 0 aliphatic rings. The van der Waals surface area contributed by atoms with Gasteiger partial charge in [-0.1, -0.05) is 26.0 Å². The normalized spacial score (nSPS) is 16.5. The summed E-state index contributed by atoms with van der Waals surface area (Å²) >= 11 is 0. The number of rotatable bonds is 5. The average Bonchev–Trinajstić information content (AvgIpc) is 2.31. The first-order chi connectivity index (χ1) is 7.95. The van der Waals surface area contributed by atoms with E-state index in [0.717, 1.165) is 17.5 Å². The quantitative estimate of drug-likeness (QED) is 0.736. The molecule has 0 amide bonds. The Morgan fingerprint density at radius 3 is 2.53 bits per heavy atom. The van der Waals surface area contributed by atoms with Gasteiger partial charge in [0.2, 0.25) is 0 Å². The van der Waals surface area contributed by atoms with Crippen molar-refractivity contribution in [2.24, 2.45) is 5.73 Å². The number of aliphatic hydroxyl groups is 1. The molecular weight excluding hydrogens is 214 g/mol. The van der Waals surface area contributed by atoms with Gasteiger partial charge in [0, 0.05) is 6.04 Å². The number of benzene rings is 1. The summed E-state index contributed by atoms with van der Waals surface area (Å²) in [5.74, 6) is 0.550. The maximum atomic E-state index is 9.90. The number of phenols is 1. The molecule has 0 radical (unpaired) electrons. The fourth-order valence-electron chi connectivity index (χ4n) is 1.93. The van der Waals surface area contributed by atoms with E-state index >= 15 is 0 Å². The number of aromatic hydroxyl groups is 1. The van der Waals surface area contributed by atoms with Crippen LogP contribution < -0.4 is 5.73 Å². The molecule has 17 heavy (non-hydrogen) atoms. The molecule has 0 aromatic heterocycles. The molecule has 0 heterocycles. The van der Waals surface area contributed by atoms with Crippen LogP contribution in [-0.4, -0.2) is 22.4 Å². The van der Waals surface area contributed by atoms with Crippen molar-refractivity contribution in [1.82, 2.24) is 0 Å². The van der Waals surface area contributed by atoms with Gasteiger partial charge in [-0.05, 0) is 42.9 Å². The minimum atomic E-state index is -0.468. The SMILES string of the molecule is CCC(N)C(O)CC(C)c1ccc(O)c(C)c1. The molecule has 0 aliphatic carbocycles. The van der Waals surface area contributed by atoms with Crippen molar-refractivity contribution in [3.63, 3.8) is 0 Å². The van der Waals surface area contributed by atoms with E-state index in [0.29, 0.717) is 12.2 Å². The van der Waals surface area contributed by atoms with E-state index in [-0.39, 0.29) is 12.0 Å². The van der Waals surface area contributed by atoms with Gasteiger partial charge >= 0.3 is 0 Å². The van der Waals surface area contributed by atoms with Crippen LogP contribution in [0.1, 0.15) is 43.7 Å². The van der Waals surface area contributed by atoms with Crippen molar-refractivity contribution >= 4 is 0 Å². The minimum absolute atomic E-state index is 0.157. The summed E-state index contributed by atoms with van der Waals surface area (Å²) in [5.41, 5.74) is 7.80. The molecule has 4 N–H and O–H groups in total. The molecule has 0 saturated heterocycles.